The summed E-state index contributed by atoms with van der Waals surface area (Å²) in [5.41, 5.74) is 3.41. The molecule has 0 aliphatic heterocycles. The number of aryl methyl sites for hydroxylation is 1. The molecule has 27 heavy (non-hydrogen) atoms. The van der Waals surface area contributed by atoms with E-state index in [1.807, 2.05) is 42.5 Å². The van der Waals surface area contributed by atoms with Crippen LogP contribution in [-0.2, 0) is 11.3 Å². The van der Waals surface area contributed by atoms with Crippen LogP contribution in [0.25, 0.3) is 22.1 Å². The Kier molecular flexibility index (Phi) is 5.09. The number of para-hydroxylation sites is 2. The number of carbonyl (C=O) groups is 1. The summed E-state index contributed by atoms with van der Waals surface area (Å²) < 4.78 is 2.96. The molecular weight excluding hydrogens is 426 g/mol. The maximum absolute atomic E-state index is 12.2. The number of hydrogen-bond acceptors (Lipinski definition) is 5. The molecule has 0 unspecified atom stereocenters. The van der Waals surface area contributed by atoms with Crippen molar-refractivity contribution in [3.63, 3.8) is 0 Å². The summed E-state index contributed by atoms with van der Waals surface area (Å²) in [6.45, 7) is 2.86. The lowest BCUT2D eigenvalue weighted by atomic mass is 10.2. The van der Waals surface area contributed by atoms with Gasteiger partial charge in [0.1, 0.15) is 5.52 Å². The van der Waals surface area contributed by atoms with Crippen LogP contribution >= 0.6 is 27.7 Å². The van der Waals surface area contributed by atoms with Gasteiger partial charge in [-0.25, -0.2) is 4.98 Å². The van der Waals surface area contributed by atoms with E-state index in [0.717, 1.165) is 38.8 Å². The topological polar surface area (TPSA) is 72.7 Å². The number of nitrogens with one attached hydrogen (secondary N) is 1. The zero-order valence-electron chi connectivity index (χ0n) is 14.5. The third kappa shape index (κ3) is 3.54. The number of benzene rings is 2. The van der Waals surface area contributed by atoms with Crippen LogP contribution in [0.15, 0.2) is 58.2 Å². The molecule has 0 atom stereocenters. The maximum atomic E-state index is 12.2. The summed E-state index contributed by atoms with van der Waals surface area (Å²) in [5, 5.41) is 13.0. The van der Waals surface area contributed by atoms with Crippen molar-refractivity contribution in [1.29, 1.82) is 0 Å². The molecule has 2 aromatic carbocycles. The number of nitrogens with zero attached hydrogens (tertiary/aromatic N) is 4. The highest BCUT2D eigenvalue weighted by Crippen LogP contribution is 2.27. The third-order valence-electron chi connectivity index (χ3n) is 4.15. The number of rotatable bonds is 5. The number of carbonyl (C=O) groups excluding carboxylic acids is 1. The van der Waals surface area contributed by atoms with Gasteiger partial charge in [0.2, 0.25) is 11.1 Å². The predicted molar refractivity (Wildman–Crippen MR) is 112 cm³/mol. The quantitative estimate of drug-likeness (QED) is 0.461. The maximum Gasteiger partial charge on any atom is 0.234 e. The molecule has 2 heterocycles. The van der Waals surface area contributed by atoms with Gasteiger partial charge in [0.15, 0.2) is 5.65 Å². The van der Waals surface area contributed by atoms with E-state index < -0.39 is 0 Å². The number of amides is 1. The van der Waals surface area contributed by atoms with Gasteiger partial charge in [-0.05, 0) is 41.1 Å². The van der Waals surface area contributed by atoms with Gasteiger partial charge in [-0.15, -0.1) is 10.2 Å². The molecule has 0 spiro atoms. The summed E-state index contributed by atoms with van der Waals surface area (Å²) in [5.74, 6) is 0.0903. The van der Waals surface area contributed by atoms with Crippen LogP contribution in [0.4, 0.5) is 5.69 Å². The molecule has 2 aromatic heterocycles. The van der Waals surface area contributed by atoms with Crippen LogP contribution in [-0.4, -0.2) is 31.4 Å². The van der Waals surface area contributed by atoms with Gasteiger partial charge in [-0.3, -0.25) is 4.79 Å². The first kappa shape index (κ1) is 17.9. The van der Waals surface area contributed by atoms with Crippen molar-refractivity contribution in [1.82, 2.24) is 19.7 Å². The minimum Gasteiger partial charge on any atom is -0.324 e. The van der Waals surface area contributed by atoms with E-state index in [4.69, 9.17) is 0 Å². The number of thioether (sulfide) groups is 1. The van der Waals surface area contributed by atoms with Crippen molar-refractivity contribution in [2.75, 3.05) is 11.1 Å². The lowest BCUT2D eigenvalue weighted by Gasteiger charge is -2.06. The monoisotopic (exact) mass is 441 g/mol. The Morgan fingerprint density at radius 2 is 1.93 bits per heavy atom. The number of halogens is 1. The summed E-state index contributed by atoms with van der Waals surface area (Å²) in [6, 6.07) is 15.6. The first-order chi connectivity index (χ1) is 13.2. The van der Waals surface area contributed by atoms with Crippen molar-refractivity contribution >= 4 is 61.4 Å². The van der Waals surface area contributed by atoms with Crippen molar-refractivity contribution in [2.45, 2.75) is 18.6 Å². The van der Waals surface area contributed by atoms with Gasteiger partial charge in [0.25, 0.3) is 0 Å². The molecule has 1 N–H and O–H groups in total. The van der Waals surface area contributed by atoms with E-state index >= 15 is 0 Å². The Balaban J connectivity index is 1.55. The molecule has 1 amide bonds. The third-order valence-corrected chi connectivity index (χ3v) is 5.68. The highest BCUT2D eigenvalue weighted by atomic mass is 79.9. The van der Waals surface area contributed by atoms with E-state index in [0.29, 0.717) is 5.16 Å². The largest absolute Gasteiger partial charge is 0.324 e. The van der Waals surface area contributed by atoms with Crippen LogP contribution < -0.4 is 5.32 Å². The molecular formula is C19H16BrN5OS. The molecule has 0 radical (unpaired) electrons. The molecule has 0 aliphatic carbocycles. The van der Waals surface area contributed by atoms with Gasteiger partial charge in [0, 0.05) is 16.4 Å². The smallest absolute Gasteiger partial charge is 0.234 e. The Morgan fingerprint density at radius 1 is 1.15 bits per heavy atom. The zero-order valence-corrected chi connectivity index (χ0v) is 16.9. The minimum absolute atomic E-state index is 0.119. The lowest BCUT2D eigenvalue weighted by molar-refractivity contribution is -0.113. The Bertz CT molecular complexity index is 1140. The molecule has 136 valence electrons. The van der Waals surface area contributed by atoms with E-state index in [2.05, 4.69) is 54.0 Å². The second-order valence-corrected chi connectivity index (χ2v) is 7.64. The SMILES string of the molecule is CCn1c2ccccc2c2nnc(SCC(=O)Nc3ccccc3Br)nc21. The summed E-state index contributed by atoms with van der Waals surface area (Å²) in [4.78, 5) is 16.9. The Labute approximate surface area is 168 Å². The van der Waals surface area contributed by atoms with Crippen LogP contribution in [0.2, 0.25) is 0 Å². The van der Waals surface area contributed by atoms with Crippen molar-refractivity contribution in [3.05, 3.63) is 53.0 Å². The minimum atomic E-state index is -0.119. The molecule has 0 aliphatic rings. The van der Waals surface area contributed by atoms with E-state index in [1.165, 1.54) is 11.8 Å². The normalized spacial score (nSPS) is 11.2. The first-order valence-electron chi connectivity index (χ1n) is 8.46. The second kappa shape index (κ2) is 7.66. The van der Waals surface area contributed by atoms with Crippen molar-refractivity contribution < 1.29 is 4.79 Å². The number of aromatic nitrogens is 4. The average Bonchev–Trinajstić information content (AvgIpc) is 3.01. The lowest BCUT2D eigenvalue weighted by Crippen LogP contribution is -2.14. The fraction of sp³-hybridized carbons (Fsp3) is 0.158. The molecule has 6 nitrogen and oxygen atoms in total. The van der Waals surface area contributed by atoms with E-state index in [-0.39, 0.29) is 11.7 Å². The molecule has 4 aromatic rings. The standard InChI is InChI=1S/C19H16BrN5OS/c1-2-25-15-10-6-3-7-12(15)17-18(25)22-19(24-23-17)27-11-16(26)21-14-9-5-4-8-13(14)20/h3-10H,2,11H2,1H3,(H,21,26). The van der Waals surface area contributed by atoms with Crippen LogP contribution in [0.1, 0.15) is 6.92 Å². The molecule has 0 bridgehead atoms. The summed E-state index contributed by atoms with van der Waals surface area (Å²) in [7, 11) is 0. The summed E-state index contributed by atoms with van der Waals surface area (Å²) in [6.07, 6.45) is 0. The highest BCUT2D eigenvalue weighted by Gasteiger charge is 2.14. The molecule has 4 rings (SSSR count). The molecule has 0 fully saturated rings. The van der Waals surface area contributed by atoms with Gasteiger partial charge in [0.05, 0.1) is 17.0 Å². The van der Waals surface area contributed by atoms with Gasteiger partial charge < -0.3 is 9.88 Å². The molecule has 8 heteroatoms. The van der Waals surface area contributed by atoms with Crippen molar-refractivity contribution in [2.24, 2.45) is 0 Å². The van der Waals surface area contributed by atoms with Gasteiger partial charge >= 0.3 is 0 Å². The predicted octanol–water partition coefficient (Wildman–Crippen LogP) is 4.49. The zero-order chi connectivity index (χ0) is 18.8. The van der Waals surface area contributed by atoms with Crippen LogP contribution in [0.3, 0.4) is 0 Å². The van der Waals surface area contributed by atoms with Crippen LogP contribution in [0.5, 0.6) is 0 Å². The highest BCUT2D eigenvalue weighted by molar-refractivity contribution is 9.10. The first-order valence-corrected chi connectivity index (χ1v) is 10.2. The number of hydrogen-bond donors (Lipinski definition) is 1. The number of fused-ring (bicyclic) bond motifs is 3. The number of anilines is 1. The van der Waals surface area contributed by atoms with Crippen molar-refractivity contribution in [3.8, 4) is 0 Å². The second-order valence-electron chi connectivity index (χ2n) is 5.84. The molecule has 0 saturated carbocycles. The van der Waals surface area contributed by atoms with Gasteiger partial charge in [-0.2, -0.15) is 0 Å². The fourth-order valence-corrected chi connectivity index (χ4v) is 3.92. The van der Waals surface area contributed by atoms with Crippen LogP contribution in [0, 0.1) is 0 Å². The average molecular weight is 442 g/mol. The van der Waals surface area contributed by atoms with E-state index in [1.54, 1.807) is 0 Å². The fourth-order valence-electron chi connectivity index (χ4n) is 2.95. The van der Waals surface area contributed by atoms with E-state index in [9.17, 15) is 4.79 Å². The molecule has 0 saturated heterocycles. The summed E-state index contributed by atoms with van der Waals surface area (Å²) >= 11 is 4.69. The Morgan fingerprint density at radius 3 is 2.74 bits per heavy atom. The Hall–Kier alpha value is -2.45. The van der Waals surface area contributed by atoms with Gasteiger partial charge in [-0.1, -0.05) is 42.1 Å².